The van der Waals surface area contributed by atoms with Gasteiger partial charge in [0.2, 0.25) is 10.0 Å². The Bertz CT molecular complexity index is 552. The first kappa shape index (κ1) is 18.4. The molecule has 1 aromatic rings. The number of morpholine rings is 1. The van der Waals surface area contributed by atoms with Crippen LogP contribution < -0.4 is 4.72 Å². The van der Waals surface area contributed by atoms with Gasteiger partial charge < -0.3 is 4.74 Å². The Labute approximate surface area is 140 Å². The molecule has 1 heterocycles. The van der Waals surface area contributed by atoms with E-state index in [0.29, 0.717) is 17.4 Å². The zero-order chi connectivity index (χ0) is 16.7. The molecular formula is C17H28N2O3S. The molecule has 0 saturated carbocycles. The van der Waals surface area contributed by atoms with Crippen LogP contribution >= 0.6 is 0 Å². The zero-order valence-corrected chi connectivity index (χ0v) is 14.9. The van der Waals surface area contributed by atoms with Gasteiger partial charge in [-0.25, -0.2) is 13.1 Å². The summed E-state index contributed by atoms with van der Waals surface area (Å²) in [5.74, 6) is 0.478. The highest BCUT2D eigenvalue weighted by molar-refractivity contribution is 7.89. The van der Waals surface area contributed by atoms with Crippen molar-refractivity contribution in [1.82, 2.24) is 9.62 Å². The molecule has 23 heavy (non-hydrogen) atoms. The van der Waals surface area contributed by atoms with Gasteiger partial charge in [0.15, 0.2) is 0 Å². The second-order valence-corrected chi connectivity index (χ2v) is 7.72. The Hall–Kier alpha value is -0.950. The van der Waals surface area contributed by atoms with Crippen molar-refractivity contribution >= 4 is 10.0 Å². The summed E-state index contributed by atoms with van der Waals surface area (Å²) in [6.07, 6.45) is 2.09. The second-order valence-electron chi connectivity index (χ2n) is 5.96. The normalized spacial score (nSPS) is 18.2. The number of sulfonamides is 1. The van der Waals surface area contributed by atoms with E-state index in [1.54, 1.807) is 24.3 Å². The summed E-state index contributed by atoms with van der Waals surface area (Å²) in [5, 5.41) is 0. The van der Waals surface area contributed by atoms with Gasteiger partial charge in [0.05, 0.1) is 18.1 Å². The SMILES string of the molecule is CCC(CC)C(CNS(=O)(=O)c1ccccc1)N1CCOCC1. The summed E-state index contributed by atoms with van der Waals surface area (Å²) in [7, 11) is -3.45. The molecule has 0 spiro atoms. The monoisotopic (exact) mass is 340 g/mol. The summed E-state index contributed by atoms with van der Waals surface area (Å²) in [4.78, 5) is 2.69. The molecule has 0 aromatic heterocycles. The van der Waals surface area contributed by atoms with Crippen molar-refractivity contribution in [2.45, 2.75) is 37.6 Å². The molecule has 1 fully saturated rings. The zero-order valence-electron chi connectivity index (χ0n) is 14.1. The van der Waals surface area contributed by atoms with Crippen molar-refractivity contribution in [3.8, 4) is 0 Å². The van der Waals surface area contributed by atoms with Crippen LogP contribution in [0.2, 0.25) is 0 Å². The summed E-state index contributed by atoms with van der Waals surface area (Å²) in [5.41, 5.74) is 0. The lowest BCUT2D eigenvalue weighted by Crippen LogP contribution is -2.52. The molecule has 1 unspecified atom stereocenters. The van der Waals surface area contributed by atoms with Crippen LogP contribution in [0.3, 0.4) is 0 Å². The molecule has 0 aliphatic carbocycles. The van der Waals surface area contributed by atoms with Gasteiger partial charge in [0.25, 0.3) is 0 Å². The predicted octanol–water partition coefficient (Wildman–Crippen LogP) is 2.10. The van der Waals surface area contributed by atoms with Crippen molar-refractivity contribution in [2.24, 2.45) is 5.92 Å². The fourth-order valence-corrected chi connectivity index (χ4v) is 4.29. The third-order valence-electron chi connectivity index (χ3n) is 4.64. The number of nitrogens with one attached hydrogen (secondary N) is 1. The van der Waals surface area contributed by atoms with Crippen LogP contribution in [0, 0.1) is 5.92 Å². The van der Waals surface area contributed by atoms with E-state index in [0.717, 1.165) is 39.1 Å². The van der Waals surface area contributed by atoms with E-state index in [1.807, 2.05) is 6.07 Å². The van der Waals surface area contributed by atoms with Gasteiger partial charge in [0.1, 0.15) is 0 Å². The van der Waals surface area contributed by atoms with Crippen molar-refractivity contribution in [3.05, 3.63) is 30.3 Å². The fraction of sp³-hybridized carbons (Fsp3) is 0.647. The van der Waals surface area contributed by atoms with Crippen LogP contribution in [-0.4, -0.2) is 52.2 Å². The van der Waals surface area contributed by atoms with Crippen molar-refractivity contribution in [3.63, 3.8) is 0 Å². The van der Waals surface area contributed by atoms with E-state index in [-0.39, 0.29) is 6.04 Å². The molecule has 0 bridgehead atoms. The van der Waals surface area contributed by atoms with Gasteiger partial charge in [-0.1, -0.05) is 44.9 Å². The molecule has 1 aliphatic rings. The topological polar surface area (TPSA) is 58.6 Å². The van der Waals surface area contributed by atoms with Crippen LogP contribution in [-0.2, 0) is 14.8 Å². The minimum Gasteiger partial charge on any atom is -0.379 e. The molecule has 0 radical (unpaired) electrons. The third kappa shape index (κ3) is 5.01. The molecule has 130 valence electrons. The Morgan fingerprint density at radius 3 is 2.30 bits per heavy atom. The Morgan fingerprint density at radius 1 is 1.13 bits per heavy atom. The lowest BCUT2D eigenvalue weighted by atomic mass is 9.92. The van der Waals surface area contributed by atoms with Crippen molar-refractivity contribution < 1.29 is 13.2 Å². The quantitative estimate of drug-likeness (QED) is 0.787. The molecule has 2 rings (SSSR count). The summed E-state index contributed by atoms with van der Waals surface area (Å²) in [6.45, 7) is 7.98. The number of hydrogen-bond acceptors (Lipinski definition) is 4. The lowest BCUT2D eigenvalue weighted by molar-refractivity contribution is 0.00297. The van der Waals surface area contributed by atoms with E-state index in [9.17, 15) is 8.42 Å². The molecule has 5 nitrogen and oxygen atoms in total. The molecule has 1 N–H and O–H groups in total. The van der Waals surface area contributed by atoms with E-state index in [4.69, 9.17) is 4.74 Å². The lowest BCUT2D eigenvalue weighted by Gasteiger charge is -2.38. The first-order valence-electron chi connectivity index (χ1n) is 8.45. The summed E-state index contributed by atoms with van der Waals surface area (Å²) in [6, 6.07) is 8.78. The van der Waals surface area contributed by atoms with Gasteiger partial charge in [-0.3, -0.25) is 4.90 Å². The first-order chi connectivity index (χ1) is 11.1. The standard InChI is InChI=1S/C17H28N2O3S/c1-3-15(4-2)17(19-10-12-22-13-11-19)14-18-23(20,21)16-8-6-5-7-9-16/h5-9,15,17-18H,3-4,10-14H2,1-2H3. The largest absolute Gasteiger partial charge is 0.379 e. The van der Waals surface area contributed by atoms with Crippen LogP contribution in [0.1, 0.15) is 26.7 Å². The van der Waals surface area contributed by atoms with E-state index in [2.05, 4.69) is 23.5 Å². The number of benzene rings is 1. The van der Waals surface area contributed by atoms with Gasteiger partial charge in [-0.15, -0.1) is 0 Å². The minimum absolute atomic E-state index is 0.215. The number of ether oxygens (including phenoxy) is 1. The third-order valence-corrected chi connectivity index (χ3v) is 6.08. The molecule has 1 atom stereocenters. The maximum atomic E-state index is 12.5. The Balaban J connectivity index is 2.08. The van der Waals surface area contributed by atoms with Crippen LogP contribution in [0.5, 0.6) is 0 Å². The second kappa shape index (κ2) is 8.78. The van der Waals surface area contributed by atoms with E-state index < -0.39 is 10.0 Å². The van der Waals surface area contributed by atoms with E-state index in [1.165, 1.54) is 0 Å². The average molecular weight is 340 g/mol. The highest BCUT2D eigenvalue weighted by Gasteiger charge is 2.28. The molecule has 0 amide bonds. The number of hydrogen-bond donors (Lipinski definition) is 1. The highest BCUT2D eigenvalue weighted by atomic mass is 32.2. The smallest absolute Gasteiger partial charge is 0.240 e. The number of nitrogens with zero attached hydrogens (tertiary/aromatic N) is 1. The first-order valence-corrected chi connectivity index (χ1v) is 9.93. The summed E-state index contributed by atoms with van der Waals surface area (Å²) < 4.78 is 33.2. The predicted molar refractivity (Wildman–Crippen MR) is 91.9 cm³/mol. The molecule has 1 saturated heterocycles. The number of rotatable bonds is 8. The van der Waals surface area contributed by atoms with Gasteiger partial charge in [0, 0.05) is 25.7 Å². The van der Waals surface area contributed by atoms with Crippen molar-refractivity contribution in [2.75, 3.05) is 32.8 Å². The maximum Gasteiger partial charge on any atom is 0.240 e. The Morgan fingerprint density at radius 2 is 1.74 bits per heavy atom. The molecule has 6 heteroatoms. The van der Waals surface area contributed by atoms with E-state index >= 15 is 0 Å². The van der Waals surface area contributed by atoms with Crippen LogP contribution in [0.15, 0.2) is 35.2 Å². The van der Waals surface area contributed by atoms with Crippen LogP contribution in [0.25, 0.3) is 0 Å². The molecular weight excluding hydrogens is 312 g/mol. The maximum absolute atomic E-state index is 12.5. The average Bonchev–Trinajstić information content (AvgIpc) is 2.60. The minimum atomic E-state index is -3.45. The Kier molecular flexibility index (Phi) is 7.02. The van der Waals surface area contributed by atoms with Gasteiger partial charge in [-0.05, 0) is 18.1 Å². The molecule has 1 aliphatic heterocycles. The highest BCUT2D eigenvalue weighted by Crippen LogP contribution is 2.20. The van der Waals surface area contributed by atoms with Crippen molar-refractivity contribution in [1.29, 1.82) is 0 Å². The van der Waals surface area contributed by atoms with Crippen LogP contribution in [0.4, 0.5) is 0 Å². The van der Waals surface area contributed by atoms with Gasteiger partial charge in [-0.2, -0.15) is 0 Å². The fourth-order valence-electron chi connectivity index (χ4n) is 3.21. The molecule has 1 aromatic carbocycles. The van der Waals surface area contributed by atoms with Gasteiger partial charge >= 0.3 is 0 Å². The summed E-state index contributed by atoms with van der Waals surface area (Å²) >= 11 is 0.